The summed E-state index contributed by atoms with van der Waals surface area (Å²) in [6.45, 7) is 1.89. The van der Waals surface area contributed by atoms with Gasteiger partial charge in [-0.2, -0.15) is 0 Å². The van der Waals surface area contributed by atoms with Gasteiger partial charge in [0.2, 0.25) is 5.91 Å². The summed E-state index contributed by atoms with van der Waals surface area (Å²) in [4.78, 5) is 11.8. The molecule has 102 valence electrons. The first-order valence-electron chi connectivity index (χ1n) is 6.19. The molecular weight excluding hydrogens is 252 g/mol. The van der Waals surface area contributed by atoms with E-state index in [-0.39, 0.29) is 11.7 Å². The number of nitrogens with two attached hydrogens (primary N) is 1. The van der Waals surface area contributed by atoms with E-state index in [1.165, 1.54) is 6.08 Å². The number of aromatic hydroxyl groups is 1. The number of rotatable bonds is 3. The van der Waals surface area contributed by atoms with Crippen LogP contribution in [0.4, 0.5) is 11.4 Å². The van der Waals surface area contributed by atoms with Crippen molar-refractivity contribution in [3.8, 4) is 5.75 Å². The topological polar surface area (TPSA) is 75.3 Å². The lowest BCUT2D eigenvalue weighted by Gasteiger charge is -2.06. The van der Waals surface area contributed by atoms with Crippen LogP contribution in [0.3, 0.4) is 0 Å². The molecule has 4 N–H and O–H groups in total. The molecule has 0 aromatic heterocycles. The number of aryl methyl sites for hydroxylation is 1. The summed E-state index contributed by atoms with van der Waals surface area (Å²) in [7, 11) is 0. The van der Waals surface area contributed by atoms with Gasteiger partial charge in [-0.05, 0) is 48.4 Å². The van der Waals surface area contributed by atoms with Gasteiger partial charge in [-0.25, -0.2) is 0 Å². The molecule has 4 heteroatoms. The molecule has 1 amide bonds. The number of nitrogen functional groups attached to an aromatic ring is 1. The maximum Gasteiger partial charge on any atom is 0.248 e. The van der Waals surface area contributed by atoms with E-state index >= 15 is 0 Å². The highest BCUT2D eigenvalue weighted by Crippen LogP contribution is 2.23. The predicted molar refractivity (Wildman–Crippen MR) is 81.4 cm³/mol. The number of carbonyl (C=O) groups is 1. The lowest BCUT2D eigenvalue weighted by Crippen LogP contribution is -2.08. The second-order valence-corrected chi connectivity index (χ2v) is 4.51. The van der Waals surface area contributed by atoms with E-state index in [0.29, 0.717) is 11.4 Å². The summed E-state index contributed by atoms with van der Waals surface area (Å²) >= 11 is 0. The monoisotopic (exact) mass is 268 g/mol. The molecular formula is C16H16N2O2. The zero-order valence-electron chi connectivity index (χ0n) is 11.1. The SMILES string of the molecule is Cc1ccc(O)c(NC(=O)/C=C/c2cccc(N)c2)c1. The first-order chi connectivity index (χ1) is 9.54. The second kappa shape index (κ2) is 5.93. The third-order valence-electron chi connectivity index (χ3n) is 2.75. The normalized spacial score (nSPS) is 10.7. The Balaban J connectivity index is 2.07. The fraction of sp³-hybridized carbons (Fsp3) is 0.0625. The van der Waals surface area contributed by atoms with Crippen LogP contribution in [-0.2, 0) is 4.79 Å². The van der Waals surface area contributed by atoms with Crippen molar-refractivity contribution < 1.29 is 9.90 Å². The van der Waals surface area contributed by atoms with Gasteiger partial charge in [0.1, 0.15) is 5.75 Å². The number of hydrogen-bond donors (Lipinski definition) is 3. The summed E-state index contributed by atoms with van der Waals surface area (Å²) in [5.41, 5.74) is 8.49. The fourth-order valence-electron chi connectivity index (χ4n) is 1.76. The molecule has 0 aliphatic carbocycles. The Kier molecular flexibility index (Phi) is 4.05. The van der Waals surface area contributed by atoms with Crippen molar-refractivity contribution in [2.24, 2.45) is 0 Å². The predicted octanol–water partition coefficient (Wildman–Crippen LogP) is 2.93. The minimum absolute atomic E-state index is 0.0429. The van der Waals surface area contributed by atoms with Gasteiger partial charge < -0.3 is 16.2 Å². The lowest BCUT2D eigenvalue weighted by molar-refractivity contribution is -0.111. The molecule has 0 unspecified atom stereocenters. The van der Waals surface area contributed by atoms with Crippen molar-refractivity contribution in [2.45, 2.75) is 6.92 Å². The van der Waals surface area contributed by atoms with Crippen molar-refractivity contribution in [3.63, 3.8) is 0 Å². The number of anilines is 2. The van der Waals surface area contributed by atoms with E-state index < -0.39 is 0 Å². The highest BCUT2D eigenvalue weighted by Gasteiger charge is 2.03. The van der Waals surface area contributed by atoms with Gasteiger partial charge in [-0.15, -0.1) is 0 Å². The molecule has 0 saturated carbocycles. The summed E-state index contributed by atoms with van der Waals surface area (Å²) in [6.07, 6.45) is 3.06. The van der Waals surface area contributed by atoms with Crippen molar-refractivity contribution >= 4 is 23.4 Å². The minimum atomic E-state index is -0.312. The van der Waals surface area contributed by atoms with Gasteiger partial charge in [-0.1, -0.05) is 18.2 Å². The second-order valence-electron chi connectivity index (χ2n) is 4.51. The number of phenols is 1. The van der Waals surface area contributed by atoms with E-state index in [1.807, 2.05) is 19.1 Å². The Morgan fingerprint density at radius 3 is 2.80 bits per heavy atom. The quantitative estimate of drug-likeness (QED) is 0.455. The molecule has 0 fully saturated rings. The van der Waals surface area contributed by atoms with Gasteiger partial charge in [0.05, 0.1) is 5.69 Å². The molecule has 0 heterocycles. The van der Waals surface area contributed by atoms with Gasteiger partial charge in [0.25, 0.3) is 0 Å². The number of nitrogens with one attached hydrogen (secondary N) is 1. The summed E-state index contributed by atoms with van der Waals surface area (Å²) in [6, 6.07) is 12.3. The smallest absolute Gasteiger partial charge is 0.248 e. The molecule has 20 heavy (non-hydrogen) atoms. The van der Waals surface area contributed by atoms with Crippen LogP contribution < -0.4 is 11.1 Å². The Labute approximate surface area is 117 Å². The highest BCUT2D eigenvalue weighted by molar-refractivity contribution is 6.02. The molecule has 0 radical (unpaired) electrons. The third-order valence-corrected chi connectivity index (χ3v) is 2.75. The van der Waals surface area contributed by atoms with E-state index in [1.54, 1.807) is 36.4 Å². The van der Waals surface area contributed by atoms with Crippen molar-refractivity contribution in [1.29, 1.82) is 0 Å². The first kappa shape index (κ1) is 13.7. The molecule has 0 aliphatic rings. The molecule has 0 bridgehead atoms. The molecule has 0 atom stereocenters. The van der Waals surface area contributed by atoms with Crippen LogP contribution >= 0.6 is 0 Å². The standard InChI is InChI=1S/C16H16N2O2/c1-11-5-7-15(19)14(9-11)18-16(20)8-6-12-3-2-4-13(17)10-12/h2-10,19H,17H2,1H3,(H,18,20)/b8-6+. The van der Waals surface area contributed by atoms with Crippen molar-refractivity contribution in [2.75, 3.05) is 11.1 Å². The van der Waals surface area contributed by atoms with Crippen LogP contribution in [0.2, 0.25) is 0 Å². The van der Waals surface area contributed by atoms with Gasteiger partial charge >= 0.3 is 0 Å². The Bertz CT molecular complexity index is 663. The van der Waals surface area contributed by atoms with E-state index in [0.717, 1.165) is 11.1 Å². The molecule has 0 aliphatic heterocycles. The molecule has 0 saturated heterocycles. The number of benzene rings is 2. The number of hydrogen-bond acceptors (Lipinski definition) is 3. The van der Waals surface area contributed by atoms with Crippen LogP contribution in [0.1, 0.15) is 11.1 Å². The minimum Gasteiger partial charge on any atom is -0.506 e. The number of amides is 1. The van der Waals surface area contributed by atoms with E-state index in [4.69, 9.17) is 5.73 Å². The molecule has 2 aromatic carbocycles. The largest absolute Gasteiger partial charge is 0.506 e. The zero-order chi connectivity index (χ0) is 14.5. The van der Waals surface area contributed by atoms with E-state index in [2.05, 4.69) is 5.32 Å². The maximum atomic E-state index is 11.8. The molecule has 2 rings (SSSR count). The molecule has 2 aromatic rings. The average Bonchev–Trinajstić information content (AvgIpc) is 2.41. The fourth-order valence-corrected chi connectivity index (χ4v) is 1.76. The Morgan fingerprint density at radius 2 is 2.05 bits per heavy atom. The van der Waals surface area contributed by atoms with Crippen LogP contribution in [0, 0.1) is 6.92 Å². The van der Waals surface area contributed by atoms with Crippen LogP contribution in [-0.4, -0.2) is 11.0 Å². The Hall–Kier alpha value is -2.75. The number of phenolic OH excluding ortho intramolecular Hbond substituents is 1. The maximum absolute atomic E-state index is 11.8. The molecule has 4 nitrogen and oxygen atoms in total. The number of carbonyl (C=O) groups excluding carboxylic acids is 1. The van der Waals surface area contributed by atoms with Gasteiger partial charge in [0.15, 0.2) is 0 Å². The van der Waals surface area contributed by atoms with Crippen molar-refractivity contribution in [3.05, 3.63) is 59.7 Å². The summed E-state index contributed by atoms with van der Waals surface area (Å²) < 4.78 is 0. The summed E-state index contributed by atoms with van der Waals surface area (Å²) in [5.74, 6) is -0.269. The Morgan fingerprint density at radius 1 is 1.25 bits per heavy atom. The van der Waals surface area contributed by atoms with Crippen molar-refractivity contribution in [1.82, 2.24) is 0 Å². The van der Waals surface area contributed by atoms with E-state index in [9.17, 15) is 9.90 Å². The highest BCUT2D eigenvalue weighted by atomic mass is 16.3. The third kappa shape index (κ3) is 3.62. The van der Waals surface area contributed by atoms with Gasteiger partial charge in [0, 0.05) is 11.8 Å². The summed E-state index contributed by atoms with van der Waals surface area (Å²) in [5, 5.41) is 12.3. The van der Waals surface area contributed by atoms with Crippen LogP contribution in [0.25, 0.3) is 6.08 Å². The van der Waals surface area contributed by atoms with Crippen LogP contribution in [0.5, 0.6) is 5.75 Å². The lowest BCUT2D eigenvalue weighted by atomic mass is 10.2. The van der Waals surface area contributed by atoms with Gasteiger partial charge in [-0.3, -0.25) is 4.79 Å². The van der Waals surface area contributed by atoms with Crippen LogP contribution in [0.15, 0.2) is 48.5 Å². The average molecular weight is 268 g/mol. The first-order valence-corrected chi connectivity index (χ1v) is 6.19. The zero-order valence-corrected chi connectivity index (χ0v) is 11.1. The molecule has 0 spiro atoms.